The lowest BCUT2D eigenvalue weighted by molar-refractivity contribution is -0.401. The summed E-state index contributed by atoms with van der Waals surface area (Å²) < 4.78 is 0. The van der Waals surface area contributed by atoms with Gasteiger partial charge in [-0.05, 0) is 38.0 Å². The van der Waals surface area contributed by atoms with Crippen LogP contribution in [0.2, 0.25) is 0 Å². The maximum atomic E-state index is 11.0. The molecule has 0 amide bonds. The average Bonchev–Trinajstić information content (AvgIpc) is 2.22. The monoisotopic (exact) mass is 236 g/mol. The van der Waals surface area contributed by atoms with E-state index in [4.69, 9.17) is 0 Å². The lowest BCUT2D eigenvalue weighted by Gasteiger charge is -2.07. The summed E-state index contributed by atoms with van der Waals surface area (Å²) in [5, 5.41) is 21.2. The van der Waals surface area contributed by atoms with Crippen LogP contribution in [0.5, 0.6) is 0 Å². The van der Waals surface area contributed by atoms with Crippen LogP contribution in [0.15, 0.2) is 12.3 Å². The Bertz CT molecular complexity index is 521. The van der Waals surface area contributed by atoms with Crippen LogP contribution in [0, 0.1) is 41.0 Å². The quantitative estimate of drug-likeness (QED) is 0.596. The molecule has 6 nitrogen and oxygen atoms in total. The predicted octanol–water partition coefficient (Wildman–Crippen LogP) is 2.77. The fourth-order valence-electron chi connectivity index (χ4n) is 1.61. The Kier molecular flexibility index (Phi) is 3.57. The maximum Gasteiger partial charge on any atom is 0.279 e. The Morgan fingerprint density at radius 1 is 1.12 bits per heavy atom. The number of hydrogen-bond donors (Lipinski definition) is 0. The number of benzene rings is 1. The van der Waals surface area contributed by atoms with Gasteiger partial charge in [0.15, 0.2) is 0 Å². The van der Waals surface area contributed by atoms with Gasteiger partial charge in [-0.2, -0.15) is 0 Å². The summed E-state index contributed by atoms with van der Waals surface area (Å²) in [5.41, 5.74) is 2.42. The second-order valence-electron chi connectivity index (χ2n) is 3.74. The molecule has 0 spiro atoms. The van der Waals surface area contributed by atoms with Crippen LogP contribution in [0.25, 0.3) is 6.08 Å². The number of nitro groups is 2. The molecule has 0 N–H and O–H groups in total. The third-order valence-electron chi connectivity index (χ3n) is 2.71. The van der Waals surface area contributed by atoms with Gasteiger partial charge in [0, 0.05) is 11.6 Å². The van der Waals surface area contributed by atoms with E-state index in [0.717, 1.165) is 17.2 Å². The molecule has 0 aliphatic rings. The second-order valence-corrected chi connectivity index (χ2v) is 3.74. The number of rotatable bonds is 3. The molecule has 1 rings (SSSR count). The van der Waals surface area contributed by atoms with E-state index >= 15 is 0 Å². The molecule has 0 aliphatic carbocycles. The molecule has 17 heavy (non-hydrogen) atoms. The van der Waals surface area contributed by atoms with Crippen LogP contribution >= 0.6 is 0 Å². The first-order valence-corrected chi connectivity index (χ1v) is 4.91. The highest BCUT2D eigenvalue weighted by atomic mass is 16.6. The zero-order valence-corrected chi connectivity index (χ0v) is 9.76. The highest BCUT2D eigenvalue weighted by Crippen LogP contribution is 2.29. The number of nitrogens with zero attached hydrogens (tertiary/aromatic N) is 2. The van der Waals surface area contributed by atoms with E-state index in [1.165, 1.54) is 0 Å². The van der Waals surface area contributed by atoms with E-state index in [9.17, 15) is 20.2 Å². The lowest BCUT2D eigenvalue weighted by Crippen LogP contribution is -1.99. The van der Waals surface area contributed by atoms with E-state index in [1.54, 1.807) is 19.9 Å². The highest BCUT2D eigenvalue weighted by Gasteiger charge is 2.19. The van der Waals surface area contributed by atoms with Crippen molar-refractivity contribution in [2.24, 2.45) is 0 Å². The minimum atomic E-state index is -0.645. The highest BCUT2D eigenvalue weighted by molar-refractivity contribution is 5.66. The summed E-state index contributed by atoms with van der Waals surface area (Å²) in [6.45, 7) is 5.25. The Balaban J connectivity index is 3.48. The number of nitro benzene ring substituents is 1. The molecular weight excluding hydrogens is 224 g/mol. The Morgan fingerprint density at radius 2 is 1.71 bits per heavy atom. The van der Waals surface area contributed by atoms with Gasteiger partial charge < -0.3 is 0 Å². The lowest BCUT2D eigenvalue weighted by atomic mass is 9.98. The van der Waals surface area contributed by atoms with Gasteiger partial charge in [-0.25, -0.2) is 0 Å². The van der Waals surface area contributed by atoms with Crippen LogP contribution in [0.4, 0.5) is 5.69 Å². The number of hydrogen-bond acceptors (Lipinski definition) is 4. The topological polar surface area (TPSA) is 86.3 Å². The van der Waals surface area contributed by atoms with Crippen molar-refractivity contribution in [1.82, 2.24) is 0 Å². The van der Waals surface area contributed by atoms with Gasteiger partial charge >= 0.3 is 0 Å². The molecule has 0 heterocycles. The van der Waals surface area contributed by atoms with Crippen molar-refractivity contribution in [3.8, 4) is 0 Å². The summed E-state index contributed by atoms with van der Waals surface area (Å²) in [6.07, 6.45) is 1.86. The molecule has 0 saturated heterocycles. The van der Waals surface area contributed by atoms with Crippen molar-refractivity contribution >= 4 is 11.8 Å². The molecule has 0 unspecified atom stereocenters. The molecule has 1 aromatic rings. The molecule has 6 heteroatoms. The molecule has 0 aliphatic heterocycles. The minimum Gasteiger partial charge on any atom is -0.259 e. The summed E-state index contributed by atoms with van der Waals surface area (Å²) in [7, 11) is 0. The van der Waals surface area contributed by atoms with Crippen molar-refractivity contribution in [3.05, 3.63) is 54.7 Å². The Hall–Kier alpha value is -2.24. The first-order valence-electron chi connectivity index (χ1n) is 4.91. The first-order chi connectivity index (χ1) is 7.84. The molecule has 0 radical (unpaired) electrons. The van der Waals surface area contributed by atoms with Gasteiger partial charge in [-0.15, -0.1) is 0 Å². The molecule has 0 bridgehead atoms. The van der Waals surface area contributed by atoms with Crippen LogP contribution in [-0.2, 0) is 0 Å². The smallest absolute Gasteiger partial charge is 0.259 e. The fraction of sp³-hybridized carbons (Fsp3) is 0.273. The SMILES string of the molecule is Cc1cc(/C=C/[N+](=O)[O-])c([N+](=O)[O-])c(C)c1C. The minimum absolute atomic E-state index is 0.0776. The second kappa shape index (κ2) is 4.73. The third-order valence-corrected chi connectivity index (χ3v) is 2.71. The van der Waals surface area contributed by atoms with Gasteiger partial charge in [0.25, 0.3) is 5.69 Å². The van der Waals surface area contributed by atoms with Crippen molar-refractivity contribution < 1.29 is 9.85 Å². The largest absolute Gasteiger partial charge is 0.279 e. The van der Waals surface area contributed by atoms with E-state index in [1.807, 2.05) is 6.92 Å². The normalized spacial score (nSPS) is 10.8. The van der Waals surface area contributed by atoms with E-state index in [0.29, 0.717) is 11.8 Å². The zero-order valence-electron chi connectivity index (χ0n) is 9.76. The molecule has 90 valence electrons. The van der Waals surface area contributed by atoms with Crippen molar-refractivity contribution in [2.75, 3.05) is 0 Å². The van der Waals surface area contributed by atoms with Crippen molar-refractivity contribution in [2.45, 2.75) is 20.8 Å². The van der Waals surface area contributed by atoms with Crippen molar-refractivity contribution in [3.63, 3.8) is 0 Å². The number of aryl methyl sites for hydroxylation is 1. The summed E-state index contributed by atoms with van der Waals surface area (Å²) >= 11 is 0. The Morgan fingerprint density at radius 3 is 2.18 bits per heavy atom. The van der Waals surface area contributed by atoms with Crippen LogP contribution < -0.4 is 0 Å². The summed E-state index contributed by atoms with van der Waals surface area (Å²) in [4.78, 5) is 20.0. The standard InChI is InChI=1S/C11H12N2O4/c1-7-6-10(4-5-12(14)15)11(13(16)17)9(3)8(7)2/h4-6H,1-3H3/b5-4+. The van der Waals surface area contributed by atoms with E-state index in [2.05, 4.69) is 0 Å². The van der Waals surface area contributed by atoms with Crippen LogP contribution in [-0.4, -0.2) is 9.85 Å². The van der Waals surface area contributed by atoms with Gasteiger partial charge in [-0.1, -0.05) is 0 Å². The third kappa shape index (κ3) is 2.66. The summed E-state index contributed by atoms with van der Waals surface area (Å²) in [5.74, 6) is 0. The average molecular weight is 236 g/mol. The molecule has 0 aromatic heterocycles. The first kappa shape index (κ1) is 12.8. The van der Waals surface area contributed by atoms with Gasteiger partial charge in [0.1, 0.15) is 0 Å². The maximum absolute atomic E-state index is 11.0. The van der Waals surface area contributed by atoms with Crippen molar-refractivity contribution in [1.29, 1.82) is 0 Å². The van der Waals surface area contributed by atoms with Gasteiger partial charge in [0.2, 0.25) is 6.20 Å². The zero-order chi connectivity index (χ0) is 13.2. The van der Waals surface area contributed by atoms with Gasteiger partial charge in [0.05, 0.1) is 15.4 Å². The molecule has 1 aromatic carbocycles. The van der Waals surface area contributed by atoms with Crippen LogP contribution in [0.1, 0.15) is 22.3 Å². The van der Waals surface area contributed by atoms with E-state index < -0.39 is 9.85 Å². The molecule has 0 fully saturated rings. The summed E-state index contributed by atoms with van der Waals surface area (Å²) in [6, 6.07) is 1.58. The predicted molar refractivity (Wildman–Crippen MR) is 63.3 cm³/mol. The van der Waals surface area contributed by atoms with Crippen LogP contribution in [0.3, 0.4) is 0 Å². The Labute approximate surface area is 97.9 Å². The van der Waals surface area contributed by atoms with Gasteiger partial charge in [-0.3, -0.25) is 20.2 Å². The molecular formula is C11H12N2O4. The van der Waals surface area contributed by atoms with E-state index in [-0.39, 0.29) is 11.3 Å². The molecule has 0 saturated carbocycles. The molecule has 0 atom stereocenters. The fourth-order valence-corrected chi connectivity index (χ4v) is 1.61.